The van der Waals surface area contributed by atoms with Gasteiger partial charge in [0.1, 0.15) is 12.1 Å². The van der Waals surface area contributed by atoms with Gasteiger partial charge in [-0.15, -0.1) is 23.5 Å². The molecule has 2 fully saturated rings. The molecule has 2 aliphatic heterocycles. The lowest BCUT2D eigenvalue weighted by Gasteiger charge is -2.23. The van der Waals surface area contributed by atoms with E-state index >= 15 is 0 Å². The lowest BCUT2D eigenvalue weighted by atomic mass is 10.1. The van der Waals surface area contributed by atoms with Crippen LogP contribution in [0.4, 0.5) is 26.3 Å². The summed E-state index contributed by atoms with van der Waals surface area (Å²) in [5.41, 5.74) is 0. The fraction of sp³-hybridized carbons (Fsp3) is 0.714. The van der Waals surface area contributed by atoms with E-state index in [9.17, 15) is 64.7 Å². The molecule has 52 heavy (non-hydrogen) atoms. The lowest BCUT2D eigenvalue weighted by Crippen LogP contribution is -2.56. The minimum atomic E-state index is -5.10. The van der Waals surface area contributed by atoms with Crippen molar-refractivity contribution in [3.63, 3.8) is 0 Å². The molecule has 0 unspecified atom stereocenters. The first kappa shape index (κ1) is 46.4. The van der Waals surface area contributed by atoms with Crippen LogP contribution in [0.5, 0.6) is 0 Å². The molecular weight excluding hydrogens is 754 g/mol. The van der Waals surface area contributed by atoms with Crippen molar-refractivity contribution in [2.45, 2.75) is 75.3 Å². The zero-order valence-corrected chi connectivity index (χ0v) is 30.6. The van der Waals surface area contributed by atoms with Gasteiger partial charge in [0.05, 0.1) is 37.0 Å². The third-order valence-corrected chi connectivity index (χ3v) is 9.03. The molecule has 0 saturated carbocycles. The summed E-state index contributed by atoms with van der Waals surface area (Å²) in [4.78, 5) is 97.2. The molecule has 2 heterocycles. The number of carbonyl (C=O) groups excluding carboxylic acids is 8. The maximum Gasteiger partial charge on any atom is 0.452 e. The van der Waals surface area contributed by atoms with Gasteiger partial charge in [-0.3, -0.25) is 49.0 Å². The Balaban J connectivity index is 0.000000520. The molecule has 2 rings (SSSR count). The molecule has 0 bridgehead atoms. The SMILES string of the molecule is C[C@@H](NC(=O)[C@@H](CC(=O)N(C)C)NC(=O)[C@@H]1CSCN1)C(=O)C(F)(F)F.C[C@H](NC(=O)[C@@H](CC(=O)N(C)C)NC(=O)[C@@H]1CSCN1)C(=O)C(F)(F)F. The molecule has 296 valence electrons. The highest BCUT2D eigenvalue weighted by Gasteiger charge is 2.44. The van der Waals surface area contributed by atoms with Crippen LogP contribution in [0.15, 0.2) is 0 Å². The summed E-state index contributed by atoms with van der Waals surface area (Å²) in [5.74, 6) is -6.40. The number of hydrogen-bond acceptors (Lipinski definition) is 12. The maximum absolute atomic E-state index is 12.4. The number of hydrogen-bond donors (Lipinski definition) is 6. The van der Waals surface area contributed by atoms with Gasteiger partial charge in [0, 0.05) is 51.4 Å². The predicted octanol–water partition coefficient (Wildman–Crippen LogP) is -1.50. The molecular formula is C28H42F6N8O8S2. The van der Waals surface area contributed by atoms with Gasteiger partial charge in [-0.05, 0) is 13.8 Å². The number of rotatable bonds is 14. The van der Waals surface area contributed by atoms with Crippen LogP contribution in [-0.2, 0) is 38.4 Å². The maximum atomic E-state index is 12.4. The van der Waals surface area contributed by atoms with Crippen molar-refractivity contribution in [3.05, 3.63) is 0 Å². The summed E-state index contributed by atoms with van der Waals surface area (Å²) in [6.45, 7) is 1.77. The van der Waals surface area contributed by atoms with Crippen LogP contribution in [0.1, 0.15) is 26.7 Å². The number of nitrogens with one attached hydrogen (secondary N) is 6. The van der Waals surface area contributed by atoms with E-state index in [4.69, 9.17) is 0 Å². The van der Waals surface area contributed by atoms with Crippen molar-refractivity contribution in [2.24, 2.45) is 0 Å². The van der Waals surface area contributed by atoms with E-state index in [1.807, 2.05) is 10.6 Å². The number of alkyl halides is 6. The summed E-state index contributed by atoms with van der Waals surface area (Å²) >= 11 is 2.93. The molecule has 16 nitrogen and oxygen atoms in total. The third kappa shape index (κ3) is 15.5. The van der Waals surface area contributed by atoms with Gasteiger partial charge < -0.3 is 31.1 Å². The van der Waals surface area contributed by atoms with Crippen molar-refractivity contribution in [2.75, 3.05) is 51.4 Å². The highest BCUT2D eigenvalue weighted by atomic mass is 32.2. The minimum Gasteiger partial charge on any atom is -0.349 e. The Morgan fingerprint density at radius 2 is 0.923 bits per heavy atom. The molecule has 0 radical (unpaired) electrons. The van der Waals surface area contributed by atoms with Gasteiger partial charge in [-0.1, -0.05) is 0 Å². The Bertz CT molecular complexity index is 1230. The normalized spacial score (nSPS) is 19.4. The van der Waals surface area contributed by atoms with E-state index in [0.29, 0.717) is 23.3 Å². The standard InChI is InChI=1S/2C14H21F3N4O4S/c2*1-7(11(23)14(15,16)17)19-12(24)8(4-10(22)21(2)3)20-13(25)9-5-26-6-18-9/h2*7-9,18H,4-6H2,1-3H3,(H,19,24)(H,20,25)/t7-,8+,9-;7-,8-,9+/m01/s1. The van der Waals surface area contributed by atoms with Crippen LogP contribution in [0.3, 0.4) is 0 Å². The number of Topliss-reactive ketones (excluding diaryl/α,β-unsaturated/α-hetero) is 2. The molecule has 0 spiro atoms. The van der Waals surface area contributed by atoms with Crippen LogP contribution >= 0.6 is 23.5 Å². The molecule has 6 N–H and O–H groups in total. The van der Waals surface area contributed by atoms with Crippen molar-refractivity contribution in [1.82, 2.24) is 41.7 Å². The third-order valence-electron chi connectivity index (χ3n) is 7.15. The summed E-state index contributed by atoms with van der Waals surface area (Å²) in [6, 6.07) is -7.60. The van der Waals surface area contributed by atoms with E-state index in [1.165, 1.54) is 61.5 Å². The predicted molar refractivity (Wildman–Crippen MR) is 176 cm³/mol. The monoisotopic (exact) mass is 796 g/mol. The molecule has 6 atom stereocenters. The van der Waals surface area contributed by atoms with Crippen LogP contribution in [-0.4, -0.2) is 157 Å². The second-order valence-electron chi connectivity index (χ2n) is 11.8. The van der Waals surface area contributed by atoms with Gasteiger partial charge in [-0.25, -0.2) is 0 Å². The highest BCUT2D eigenvalue weighted by molar-refractivity contribution is 7.99. The molecule has 24 heteroatoms. The van der Waals surface area contributed by atoms with Gasteiger partial charge >= 0.3 is 12.4 Å². The topological polar surface area (TPSA) is 215 Å². The van der Waals surface area contributed by atoms with Crippen molar-refractivity contribution >= 4 is 70.5 Å². The Hall–Kier alpha value is -3.64. The number of halogens is 6. The lowest BCUT2D eigenvalue weighted by molar-refractivity contribution is -0.173. The van der Waals surface area contributed by atoms with E-state index in [2.05, 4.69) is 21.3 Å². The Labute approximate surface area is 303 Å². The number of thioether (sulfide) groups is 2. The van der Waals surface area contributed by atoms with E-state index in [-0.39, 0.29) is 0 Å². The molecule has 6 amide bonds. The zero-order chi connectivity index (χ0) is 40.1. The Kier molecular flexibility index (Phi) is 18.3. The average molecular weight is 797 g/mol. The number of ketones is 2. The summed E-state index contributed by atoms with van der Waals surface area (Å²) in [5, 5.41) is 14.3. The molecule has 0 aliphatic carbocycles. The van der Waals surface area contributed by atoms with Gasteiger partial charge in [0.15, 0.2) is 0 Å². The van der Waals surface area contributed by atoms with Gasteiger partial charge in [-0.2, -0.15) is 26.3 Å². The van der Waals surface area contributed by atoms with Crippen LogP contribution < -0.4 is 31.9 Å². The fourth-order valence-corrected chi connectivity index (χ4v) is 5.94. The van der Waals surface area contributed by atoms with Crippen molar-refractivity contribution in [1.29, 1.82) is 0 Å². The second-order valence-corrected chi connectivity index (χ2v) is 13.9. The van der Waals surface area contributed by atoms with E-state index < -0.39 is 108 Å². The quantitative estimate of drug-likeness (QED) is 0.111. The number of amides is 6. The summed E-state index contributed by atoms with van der Waals surface area (Å²) < 4.78 is 74.6. The molecule has 0 aromatic carbocycles. The number of carbonyl (C=O) groups is 8. The highest BCUT2D eigenvalue weighted by Crippen LogP contribution is 2.19. The smallest absolute Gasteiger partial charge is 0.349 e. The largest absolute Gasteiger partial charge is 0.452 e. The van der Waals surface area contributed by atoms with Crippen LogP contribution in [0.25, 0.3) is 0 Å². The van der Waals surface area contributed by atoms with Gasteiger partial charge in [0.25, 0.3) is 11.6 Å². The molecule has 0 aromatic heterocycles. The molecule has 2 aliphatic rings. The summed E-state index contributed by atoms with van der Waals surface area (Å²) in [7, 11) is 5.74. The van der Waals surface area contributed by atoms with Crippen LogP contribution in [0, 0.1) is 0 Å². The zero-order valence-electron chi connectivity index (χ0n) is 29.0. The molecule has 0 aromatic rings. The van der Waals surface area contributed by atoms with Crippen LogP contribution in [0.2, 0.25) is 0 Å². The number of nitrogens with zero attached hydrogens (tertiary/aromatic N) is 2. The first-order valence-electron chi connectivity index (χ1n) is 15.3. The van der Waals surface area contributed by atoms with Crippen molar-refractivity contribution in [3.8, 4) is 0 Å². The average Bonchev–Trinajstić information content (AvgIpc) is 3.78. The second kappa shape index (κ2) is 20.6. The minimum absolute atomic E-state index is 0.447. The fourth-order valence-electron chi connectivity index (χ4n) is 4.05. The first-order valence-corrected chi connectivity index (χ1v) is 17.6. The van der Waals surface area contributed by atoms with E-state index in [0.717, 1.165) is 13.8 Å². The van der Waals surface area contributed by atoms with Crippen molar-refractivity contribution < 1.29 is 64.7 Å². The Morgan fingerprint density at radius 1 is 0.615 bits per heavy atom. The van der Waals surface area contributed by atoms with E-state index in [1.54, 1.807) is 0 Å². The first-order chi connectivity index (χ1) is 23.9. The van der Waals surface area contributed by atoms with Gasteiger partial charge in [0.2, 0.25) is 35.4 Å². The Morgan fingerprint density at radius 3 is 1.15 bits per heavy atom. The molecule has 2 saturated heterocycles. The summed E-state index contributed by atoms with van der Waals surface area (Å²) in [6.07, 6.45) is -11.1.